The second-order valence-electron chi connectivity index (χ2n) is 5.70. The molecule has 0 saturated heterocycles. The van der Waals surface area contributed by atoms with Crippen LogP contribution in [0.5, 0.6) is 5.75 Å². The van der Waals surface area contributed by atoms with E-state index in [1.54, 1.807) is 36.4 Å². The Morgan fingerprint density at radius 3 is 1.70 bits per heavy atom. The van der Waals surface area contributed by atoms with Gasteiger partial charge in [-0.3, -0.25) is 0 Å². The number of carboxylic acid groups (broad SMARTS) is 2. The van der Waals surface area contributed by atoms with Gasteiger partial charge in [0.15, 0.2) is 0 Å². The third-order valence-electron chi connectivity index (χ3n) is 3.61. The second kappa shape index (κ2) is 9.05. The van der Waals surface area contributed by atoms with Crippen LogP contribution in [-0.2, 0) is 0 Å². The third kappa shape index (κ3) is 5.89. The van der Waals surface area contributed by atoms with E-state index in [2.05, 4.69) is 5.32 Å². The summed E-state index contributed by atoms with van der Waals surface area (Å²) in [5, 5.41) is 29.3. The van der Waals surface area contributed by atoms with Crippen LogP contribution in [0.1, 0.15) is 26.3 Å². The summed E-state index contributed by atoms with van der Waals surface area (Å²) in [5.41, 5.74) is 3.29. The molecular formula is C21H19NO5. The topological polar surface area (TPSA) is 107 Å². The number of nitrogens with one attached hydrogen (secondary N) is 1. The molecule has 3 aromatic carbocycles. The molecule has 0 aromatic heterocycles. The van der Waals surface area contributed by atoms with Gasteiger partial charge in [0.25, 0.3) is 0 Å². The Balaban J connectivity index is 0.000000223. The van der Waals surface area contributed by atoms with E-state index >= 15 is 0 Å². The lowest BCUT2D eigenvalue weighted by Gasteiger charge is -2.06. The smallest absolute Gasteiger partial charge is 0.339 e. The van der Waals surface area contributed by atoms with Gasteiger partial charge in [0.1, 0.15) is 11.3 Å². The zero-order valence-corrected chi connectivity index (χ0v) is 14.6. The maximum absolute atomic E-state index is 10.7. The number of phenols is 1. The molecule has 0 aliphatic rings. The average molecular weight is 365 g/mol. The quantitative estimate of drug-likeness (QED) is 0.541. The second-order valence-corrected chi connectivity index (χ2v) is 5.70. The number of anilines is 2. The number of aryl methyl sites for hydroxylation is 1. The highest BCUT2D eigenvalue weighted by Crippen LogP contribution is 2.17. The van der Waals surface area contributed by atoms with Crippen molar-refractivity contribution in [2.75, 3.05) is 5.32 Å². The fourth-order valence-electron chi connectivity index (χ4n) is 2.15. The molecule has 27 heavy (non-hydrogen) atoms. The molecule has 4 N–H and O–H groups in total. The Morgan fingerprint density at radius 1 is 0.741 bits per heavy atom. The van der Waals surface area contributed by atoms with Gasteiger partial charge in [-0.25, -0.2) is 9.59 Å². The molecule has 6 nitrogen and oxygen atoms in total. The highest BCUT2D eigenvalue weighted by atomic mass is 16.4. The van der Waals surface area contributed by atoms with E-state index in [1.807, 2.05) is 31.2 Å². The summed E-state index contributed by atoms with van der Waals surface area (Å²) in [6.07, 6.45) is 0. The van der Waals surface area contributed by atoms with Gasteiger partial charge in [0.05, 0.1) is 5.56 Å². The van der Waals surface area contributed by atoms with Crippen molar-refractivity contribution >= 4 is 23.3 Å². The molecule has 0 spiro atoms. The van der Waals surface area contributed by atoms with Gasteiger partial charge in [-0.2, -0.15) is 0 Å². The lowest BCUT2D eigenvalue weighted by Crippen LogP contribution is -1.96. The molecule has 0 heterocycles. The molecule has 0 saturated carbocycles. The van der Waals surface area contributed by atoms with Gasteiger partial charge in [-0.1, -0.05) is 29.8 Å². The van der Waals surface area contributed by atoms with Crippen molar-refractivity contribution in [2.24, 2.45) is 0 Å². The minimum atomic E-state index is -1.11. The summed E-state index contributed by atoms with van der Waals surface area (Å²) < 4.78 is 0. The highest BCUT2D eigenvalue weighted by molar-refractivity contribution is 5.90. The Labute approximate surface area is 156 Å². The normalized spacial score (nSPS) is 9.67. The number of para-hydroxylation sites is 1. The predicted octanol–water partition coefficient (Wildman–Crippen LogP) is 4.53. The van der Waals surface area contributed by atoms with Crippen LogP contribution in [-0.4, -0.2) is 27.3 Å². The number of rotatable bonds is 4. The van der Waals surface area contributed by atoms with Gasteiger partial charge < -0.3 is 20.6 Å². The summed E-state index contributed by atoms with van der Waals surface area (Å²) in [4.78, 5) is 20.9. The van der Waals surface area contributed by atoms with Gasteiger partial charge in [0.2, 0.25) is 0 Å². The zero-order valence-electron chi connectivity index (χ0n) is 14.6. The lowest BCUT2D eigenvalue weighted by atomic mass is 10.2. The molecule has 0 atom stereocenters. The molecule has 0 bridgehead atoms. The van der Waals surface area contributed by atoms with E-state index < -0.39 is 11.9 Å². The van der Waals surface area contributed by atoms with E-state index in [1.165, 1.54) is 17.7 Å². The first-order valence-electron chi connectivity index (χ1n) is 8.05. The Kier molecular flexibility index (Phi) is 6.55. The first-order chi connectivity index (χ1) is 12.9. The van der Waals surface area contributed by atoms with E-state index in [-0.39, 0.29) is 11.3 Å². The SMILES string of the molecule is Cc1ccc(Nc2ccc(C(=O)O)cc2)cc1.O=C(O)c1ccccc1O. The maximum Gasteiger partial charge on any atom is 0.339 e. The van der Waals surface area contributed by atoms with E-state index in [0.717, 1.165) is 11.4 Å². The Morgan fingerprint density at radius 2 is 1.26 bits per heavy atom. The molecule has 0 aliphatic carbocycles. The van der Waals surface area contributed by atoms with Crippen molar-refractivity contribution in [3.63, 3.8) is 0 Å². The number of hydrogen-bond acceptors (Lipinski definition) is 4. The predicted molar refractivity (Wildman–Crippen MR) is 103 cm³/mol. The highest BCUT2D eigenvalue weighted by Gasteiger charge is 2.05. The molecule has 6 heteroatoms. The van der Waals surface area contributed by atoms with Crippen molar-refractivity contribution in [2.45, 2.75) is 6.92 Å². The minimum Gasteiger partial charge on any atom is -0.507 e. The standard InChI is InChI=1S/C14H13NO2.C7H6O3/c1-10-2-6-12(7-3-10)15-13-8-4-11(5-9-13)14(16)17;8-6-4-2-1-3-5(6)7(9)10/h2-9,15H,1H3,(H,16,17);1-4,8H,(H,9,10). The van der Waals surface area contributed by atoms with Crippen LogP contribution in [0.2, 0.25) is 0 Å². The van der Waals surface area contributed by atoms with Crippen molar-refractivity contribution in [3.8, 4) is 5.75 Å². The number of hydrogen-bond donors (Lipinski definition) is 4. The molecule has 3 aromatic rings. The molecule has 0 amide bonds. The lowest BCUT2D eigenvalue weighted by molar-refractivity contribution is 0.0684. The van der Waals surface area contributed by atoms with Gasteiger partial charge in [-0.05, 0) is 55.5 Å². The summed E-state index contributed by atoms with van der Waals surface area (Å²) in [6, 6.07) is 20.5. The zero-order chi connectivity index (χ0) is 19.8. The van der Waals surface area contributed by atoms with Gasteiger partial charge in [-0.15, -0.1) is 0 Å². The van der Waals surface area contributed by atoms with Crippen LogP contribution in [0.3, 0.4) is 0 Å². The molecule has 0 unspecified atom stereocenters. The molecule has 0 fully saturated rings. The molecular weight excluding hydrogens is 346 g/mol. The molecule has 138 valence electrons. The van der Waals surface area contributed by atoms with Crippen molar-refractivity contribution in [3.05, 3.63) is 89.5 Å². The number of carbonyl (C=O) groups is 2. The van der Waals surface area contributed by atoms with Crippen LogP contribution in [0.25, 0.3) is 0 Å². The summed E-state index contributed by atoms with van der Waals surface area (Å²) in [7, 11) is 0. The fourth-order valence-corrected chi connectivity index (χ4v) is 2.15. The summed E-state index contributed by atoms with van der Waals surface area (Å²) in [6.45, 7) is 2.03. The third-order valence-corrected chi connectivity index (χ3v) is 3.61. The average Bonchev–Trinajstić information content (AvgIpc) is 2.65. The number of benzene rings is 3. The minimum absolute atomic E-state index is 0.0671. The summed E-state index contributed by atoms with van der Waals surface area (Å²) >= 11 is 0. The van der Waals surface area contributed by atoms with Gasteiger partial charge in [0, 0.05) is 11.4 Å². The Bertz CT molecular complexity index is 918. The summed E-state index contributed by atoms with van der Waals surface area (Å²) in [5.74, 6) is -2.22. The number of carboxylic acids is 2. The van der Waals surface area contributed by atoms with Crippen LogP contribution in [0.15, 0.2) is 72.8 Å². The van der Waals surface area contributed by atoms with E-state index in [9.17, 15) is 9.59 Å². The number of aromatic carboxylic acids is 2. The van der Waals surface area contributed by atoms with E-state index in [4.69, 9.17) is 15.3 Å². The molecule has 3 rings (SSSR count). The van der Waals surface area contributed by atoms with Crippen LogP contribution < -0.4 is 5.32 Å². The van der Waals surface area contributed by atoms with Crippen molar-refractivity contribution in [1.29, 1.82) is 0 Å². The fraction of sp³-hybridized carbons (Fsp3) is 0.0476. The van der Waals surface area contributed by atoms with Crippen molar-refractivity contribution in [1.82, 2.24) is 0 Å². The van der Waals surface area contributed by atoms with Crippen LogP contribution >= 0.6 is 0 Å². The monoisotopic (exact) mass is 365 g/mol. The first kappa shape index (κ1) is 19.5. The Hall–Kier alpha value is -3.80. The number of aromatic hydroxyl groups is 1. The van der Waals surface area contributed by atoms with Gasteiger partial charge >= 0.3 is 11.9 Å². The van der Waals surface area contributed by atoms with E-state index in [0.29, 0.717) is 5.56 Å². The molecule has 0 radical (unpaired) electrons. The van der Waals surface area contributed by atoms with Crippen LogP contribution in [0, 0.1) is 6.92 Å². The van der Waals surface area contributed by atoms with Crippen LogP contribution in [0.4, 0.5) is 11.4 Å². The first-order valence-corrected chi connectivity index (χ1v) is 8.05. The maximum atomic E-state index is 10.7. The van der Waals surface area contributed by atoms with Crippen molar-refractivity contribution < 1.29 is 24.9 Å². The largest absolute Gasteiger partial charge is 0.507 e. The molecule has 0 aliphatic heterocycles.